The number of amides is 1. The summed E-state index contributed by atoms with van der Waals surface area (Å²) in [4.78, 5) is 14.5. The quantitative estimate of drug-likeness (QED) is 0.809. The molecule has 2 aliphatic rings. The molecule has 1 N–H and O–H groups in total. The van der Waals surface area contributed by atoms with E-state index in [1.54, 1.807) is 0 Å². The number of hydrogen-bond acceptors (Lipinski definition) is 2. The van der Waals surface area contributed by atoms with Gasteiger partial charge < -0.3 is 10.2 Å². The highest BCUT2D eigenvalue weighted by atomic mass is 16.2. The average molecular weight is 244 g/mol. The van der Waals surface area contributed by atoms with Crippen molar-refractivity contribution < 1.29 is 4.79 Å². The van der Waals surface area contributed by atoms with Crippen LogP contribution >= 0.6 is 0 Å². The van der Waals surface area contributed by atoms with Crippen LogP contribution in [0.4, 0.5) is 0 Å². The van der Waals surface area contributed by atoms with Gasteiger partial charge in [-0.1, -0.05) is 24.3 Å². The van der Waals surface area contributed by atoms with Crippen molar-refractivity contribution in [2.75, 3.05) is 19.6 Å². The topological polar surface area (TPSA) is 32.3 Å². The van der Waals surface area contributed by atoms with E-state index in [0.29, 0.717) is 18.4 Å². The van der Waals surface area contributed by atoms with Crippen molar-refractivity contribution in [3.63, 3.8) is 0 Å². The van der Waals surface area contributed by atoms with Crippen LogP contribution in [0, 0.1) is 0 Å². The molecule has 1 aromatic rings. The molecule has 3 rings (SSSR count). The molecule has 0 aromatic heterocycles. The van der Waals surface area contributed by atoms with Crippen LogP contribution in [0.15, 0.2) is 24.3 Å². The van der Waals surface area contributed by atoms with Gasteiger partial charge in [-0.2, -0.15) is 0 Å². The maximum atomic E-state index is 12.4. The van der Waals surface area contributed by atoms with E-state index in [9.17, 15) is 4.79 Å². The van der Waals surface area contributed by atoms with E-state index in [4.69, 9.17) is 0 Å². The lowest BCUT2D eigenvalue weighted by atomic mass is 10.0. The van der Waals surface area contributed by atoms with Crippen molar-refractivity contribution in [1.29, 1.82) is 0 Å². The van der Waals surface area contributed by atoms with Gasteiger partial charge in [0.1, 0.15) is 0 Å². The van der Waals surface area contributed by atoms with E-state index in [1.807, 2.05) is 6.07 Å². The number of nitrogens with one attached hydrogen (secondary N) is 1. The number of fused-ring (bicyclic) bond motifs is 1. The Bertz CT molecular complexity index is 438. The van der Waals surface area contributed by atoms with E-state index in [1.165, 1.54) is 11.1 Å². The molecule has 0 saturated carbocycles. The Morgan fingerprint density at radius 2 is 1.83 bits per heavy atom. The summed E-state index contributed by atoms with van der Waals surface area (Å²) in [7, 11) is 0. The number of hydrogen-bond donors (Lipinski definition) is 1. The minimum atomic E-state index is 0.312. The molecule has 2 heterocycles. The summed E-state index contributed by atoms with van der Waals surface area (Å²) >= 11 is 0. The van der Waals surface area contributed by atoms with Crippen LogP contribution in [0.25, 0.3) is 0 Å². The molecule has 0 radical (unpaired) electrons. The molecule has 96 valence electrons. The Morgan fingerprint density at radius 1 is 1.11 bits per heavy atom. The van der Waals surface area contributed by atoms with Crippen LogP contribution in [-0.2, 0) is 17.6 Å². The first kappa shape index (κ1) is 11.7. The fourth-order valence-electron chi connectivity index (χ4n) is 3.11. The molecule has 0 bridgehead atoms. The van der Waals surface area contributed by atoms with Crippen molar-refractivity contribution in [1.82, 2.24) is 10.2 Å². The minimum Gasteiger partial charge on any atom is -0.339 e. The Hall–Kier alpha value is -1.35. The molecule has 1 amide bonds. The van der Waals surface area contributed by atoms with Gasteiger partial charge >= 0.3 is 0 Å². The molecular formula is C15H20N2O. The average Bonchev–Trinajstić information content (AvgIpc) is 2.58. The van der Waals surface area contributed by atoms with Gasteiger partial charge in [-0.25, -0.2) is 0 Å². The molecule has 1 fully saturated rings. The summed E-state index contributed by atoms with van der Waals surface area (Å²) < 4.78 is 0. The Kier molecular flexibility index (Phi) is 3.33. The van der Waals surface area contributed by atoms with Gasteiger partial charge in [0.15, 0.2) is 0 Å². The molecule has 18 heavy (non-hydrogen) atoms. The van der Waals surface area contributed by atoms with Crippen LogP contribution in [-0.4, -0.2) is 36.5 Å². The Balaban J connectivity index is 1.78. The van der Waals surface area contributed by atoms with Crippen LogP contribution in [0.3, 0.4) is 0 Å². The third kappa shape index (κ3) is 2.27. The van der Waals surface area contributed by atoms with E-state index in [0.717, 1.165) is 38.9 Å². The number of carbonyl (C=O) groups is 1. The highest BCUT2D eigenvalue weighted by Crippen LogP contribution is 2.20. The maximum Gasteiger partial charge on any atom is 0.227 e. The zero-order chi connectivity index (χ0) is 12.4. The van der Waals surface area contributed by atoms with E-state index < -0.39 is 0 Å². The molecule has 2 aliphatic heterocycles. The lowest BCUT2D eigenvalue weighted by molar-refractivity contribution is -0.133. The van der Waals surface area contributed by atoms with Crippen LogP contribution in [0.2, 0.25) is 0 Å². The number of nitrogens with zero attached hydrogens (tertiary/aromatic N) is 1. The van der Waals surface area contributed by atoms with Crippen molar-refractivity contribution in [2.24, 2.45) is 0 Å². The maximum absolute atomic E-state index is 12.4. The summed E-state index contributed by atoms with van der Waals surface area (Å²) in [6.45, 7) is 2.98. The van der Waals surface area contributed by atoms with Gasteiger partial charge in [0.2, 0.25) is 5.91 Å². The van der Waals surface area contributed by atoms with Gasteiger partial charge in [-0.15, -0.1) is 0 Å². The second-order valence-electron chi connectivity index (χ2n) is 5.26. The first-order valence-electron chi connectivity index (χ1n) is 6.91. The highest BCUT2D eigenvalue weighted by molar-refractivity contribution is 5.80. The van der Waals surface area contributed by atoms with Gasteiger partial charge in [0.05, 0.1) is 6.42 Å². The molecular weight excluding hydrogens is 224 g/mol. The standard InChI is InChI=1S/C15H20N2O/c18-15-11-13-4-2-1-3-12(13)7-10-17(15)14-5-8-16-9-6-14/h1-4,14,16H,5-11H2. The van der Waals surface area contributed by atoms with E-state index >= 15 is 0 Å². The fraction of sp³-hybridized carbons (Fsp3) is 0.533. The fourth-order valence-corrected chi connectivity index (χ4v) is 3.11. The number of rotatable bonds is 1. The largest absolute Gasteiger partial charge is 0.339 e. The van der Waals surface area contributed by atoms with Gasteiger partial charge in [0, 0.05) is 12.6 Å². The van der Waals surface area contributed by atoms with Gasteiger partial charge in [-0.05, 0) is 43.5 Å². The number of piperidine rings is 1. The summed E-state index contributed by atoms with van der Waals surface area (Å²) in [5, 5.41) is 3.36. The van der Waals surface area contributed by atoms with Crippen molar-refractivity contribution >= 4 is 5.91 Å². The van der Waals surface area contributed by atoms with Crippen LogP contribution in [0.1, 0.15) is 24.0 Å². The van der Waals surface area contributed by atoms with Crippen LogP contribution < -0.4 is 5.32 Å². The molecule has 0 spiro atoms. The predicted molar refractivity (Wildman–Crippen MR) is 71.5 cm³/mol. The molecule has 0 atom stereocenters. The summed E-state index contributed by atoms with van der Waals surface area (Å²) in [5.41, 5.74) is 2.57. The first-order chi connectivity index (χ1) is 8.84. The zero-order valence-corrected chi connectivity index (χ0v) is 10.7. The highest BCUT2D eigenvalue weighted by Gasteiger charge is 2.27. The number of benzene rings is 1. The minimum absolute atomic E-state index is 0.312. The summed E-state index contributed by atoms with van der Waals surface area (Å²) in [6.07, 6.45) is 3.79. The smallest absolute Gasteiger partial charge is 0.227 e. The first-order valence-corrected chi connectivity index (χ1v) is 6.91. The van der Waals surface area contributed by atoms with Gasteiger partial charge in [-0.3, -0.25) is 4.79 Å². The number of carbonyl (C=O) groups excluding carboxylic acids is 1. The Labute approximate surface area is 108 Å². The lowest BCUT2D eigenvalue weighted by Crippen LogP contribution is -2.46. The third-order valence-corrected chi connectivity index (χ3v) is 4.15. The lowest BCUT2D eigenvalue weighted by Gasteiger charge is -2.34. The normalized spacial score (nSPS) is 21.6. The summed E-state index contributed by atoms with van der Waals surface area (Å²) in [5.74, 6) is 0.312. The molecule has 1 saturated heterocycles. The van der Waals surface area contributed by atoms with Crippen LogP contribution in [0.5, 0.6) is 0 Å². The molecule has 0 aliphatic carbocycles. The monoisotopic (exact) mass is 244 g/mol. The Morgan fingerprint density at radius 3 is 2.61 bits per heavy atom. The van der Waals surface area contributed by atoms with Crippen molar-refractivity contribution in [3.8, 4) is 0 Å². The molecule has 1 aromatic carbocycles. The second kappa shape index (κ2) is 5.11. The summed E-state index contributed by atoms with van der Waals surface area (Å²) in [6, 6.07) is 8.82. The molecule has 3 nitrogen and oxygen atoms in total. The zero-order valence-electron chi connectivity index (χ0n) is 10.7. The van der Waals surface area contributed by atoms with Crippen molar-refractivity contribution in [3.05, 3.63) is 35.4 Å². The van der Waals surface area contributed by atoms with Gasteiger partial charge in [0.25, 0.3) is 0 Å². The third-order valence-electron chi connectivity index (χ3n) is 4.15. The van der Waals surface area contributed by atoms with Crippen molar-refractivity contribution in [2.45, 2.75) is 31.7 Å². The molecule has 3 heteroatoms. The SMILES string of the molecule is O=C1Cc2ccccc2CCN1C1CCNCC1. The van der Waals surface area contributed by atoms with E-state index in [-0.39, 0.29) is 0 Å². The van der Waals surface area contributed by atoms with E-state index in [2.05, 4.69) is 28.4 Å². The predicted octanol–water partition coefficient (Wildman–Crippen LogP) is 1.37. The second-order valence-corrected chi connectivity index (χ2v) is 5.26. The molecule has 0 unspecified atom stereocenters.